The number of hydrogen-bond donors (Lipinski definition) is 5. The van der Waals surface area contributed by atoms with Gasteiger partial charge in [-0.3, -0.25) is 14.2 Å². The van der Waals surface area contributed by atoms with Gasteiger partial charge in [0.1, 0.15) is 0 Å². The third kappa shape index (κ3) is 5.59. The number of aliphatic hydroxyl groups excluding tert-OH is 1. The van der Waals surface area contributed by atoms with Crippen LogP contribution in [-0.2, 0) is 9.59 Å². The van der Waals surface area contributed by atoms with E-state index in [1.165, 1.54) is 0 Å². The van der Waals surface area contributed by atoms with Crippen molar-refractivity contribution in [1.82, 2.24) is 14.8 Å². The Morgan fingerprint density at radius 1 is 1.10 bits per heavy atom. The van der Waals surface area contributed by atoms with Crippen molar-refractivity contribution in [3.63, 3.8) is 0 Å². The predicted octanol–water partition coefficient (Wildman–Crippen LogP) is 3.30. The molecule has 0 saturated carbocycles. The van der Waals surface area contributed by atoms with E-state index < -0.39 is 30.3 Å². The van der Waals surface area contributed by atoms with Gasteiger partial charge < -0.3 is 15.5 Å². The molecule has 0 spiro atoms. The summed E-state index contributed by atoms with van der Waals surface area (Å²) in [6.07, 6.45) is -0.147. The zero-order valence-corrected chi connectivity index (χ0v) is 18.6. The molecule has 2 unspecified atom stereocenters. The lowest BCUT2D eigenvalue weighted by atomic mass is 9.83. The Balaban J connectivity index is 1.82. The molecule has 0 aliphatic rings. The maximum Gasteiger partial charge on any atom is 0.309 e. The Bertz CT molecular complexity index is 1070. The van der Waals surface area contributed by atoms with Gasteiger partial charge in [0.05, 0.1) is 18.2 Å². The fourth-order valence-corrected chi connectivity index (χ4v) is 3.93. The van der Waals surface area contributed by atoms with Gasteiger partial charge >= 0.3 is 5.97 Å². The Morgan fingerprint density at radius 2 is 1.74 bits per heavy atom. The molecule has 2 aromatic carbocycles. The van der Waals surface area contributed by atoms with Crippen molar-refractivity contribution in [1.29, 1.82) is 0 Å². The Morgan fingerprint density at radius 3 is 2.32 bits per heavy atom. The molecule has 3 rings (SSSR count). The summed E-state index contributed by atoms with van der Waals surface area (Å²) in [5, 5.41) is 30.7. The number of aliphatic hydroxyl groups is 1. The normalized spacial score (nSPS) is 12.9. The first-order chi connectivity index (χ1) is 14.8. The molecule has 1 aromatic heterocycles. The molecule has 8 nitrogen and oxygen atoms in total. The van der Waals surface area contributed by atoms with Gasteiger partial charge in [-0.1, -0.05) is 29.8 Å². The van der Waals surface area contributed by atoms with Crippen LogP contribution in [0, 0.1) is 5.92 Å². The second kappa shape index (κ2) is 10.2. The van der Waals surface area contributed by atoms with Gasteiger partial charge in [-0.05, 0) is 35.9 Å². The molecule has 0 bridgehead atoms. The van der Waals surface area contributed by atoms with Crippen LogP contribution in [0.3, 0.4) is 0 Å². The van der Waals surface area contributed by atoms with Crippen LogP contribution in [0.1, 0.15) is 17.9 Å². The van der Waals surface area contributed by atoms with Crippen LogP contribution in [0.5, 0.6) is 0 Å². The lowest BCUT2D eigenvalue weighted by Crippen LogP contribution is -2.29. The van der Waals surface area contributed by atoms with Crippen molar-refractivity contribution >= 4 is 54.4 Å². The SMILES string of the molecule is O=C(CC(c1ccc(Cl)cc1)C(CO)C(=O)O)Nc1cccc(-n2c(S)nnc2S)c1. The number of aliphatic carboxylic acids is 1. The number of anilines is 1. The molecule has 0 fully saturated rings. The van der Waals surface area contributed by atoms with Gasteiger partial charge in [0.2, 0.25) is 5.91 Å². The third-order valence-electron chi connectivity index (χ3n) is 4.72. The molecule has 0 radical (unpaired) electrons. The van der Waals surface area contributed by atoms with E-state index in [0.29, 0.717) is 32.3 Å². The first-order valence-electron chi connectivity index (χ1n) is 9.13. The van der Waals surface area contributed by atoms with Gasteiger partial charge in [-0.25, -0.2) is 0 Å². The fourth-order valence-electron chi connectivity index (χ4n) is 3.21. The topological polar surface area (TPSA) is 117 Å². The van der Waals surface area contributed by atoms with Crippen molar-refractivity contribution in [2.75, 3.05) is 11.9 Å². The number of rotatable bonds is 8. The van der Waals surface area contributed by atoms with E-state index in [2.05, 4.69) is 40.8 Å². The van der Waals surface area contributed by atoms with Crippen molar-refractivity contribution in [3.8, 4) is 5.69 Å². The fraction of sp³-hybridized carbons (Fsp3) is 0.200. The number of halogens is 1. The highest BCUT2D eigenvalue weighted by molar-refractivity contribution is 7.80. The summed E-state index contributed by atoms with van der Waals surface area (Å²) in [5.41, 5.74) is 1.73. The standard InChI is InChI=1S/C20H19ClN4O4S2/c21-12-6-4-11(5-7-12)15(16(10-26)18(28)29)9-17(27)22-13-2-1-3-14(8-13)25-19(30)23-24-20(25)31/h1-8,15-16,26H,9-10H2,(H,22,27)(H,23,30)(H,24,31)(H,28,29). The number of aromatic nitrogens is 3. The van der Waals surface area contributed by atoms with E-state index in [1.807, 2.05) is 0 Å². The molecule has 0 saturated heterocycles. The number of thiol groups is 2. The highest BCUT2D eigenvalue weighted by Crippen LogP contribution is 2.30. The number of nitrogens with zero attached hydrogens (tertiary/aromatic N) is 3. The van der Waals surface area contributed by atoms with E-state index in [4.69, 9.17) is 11.6 Å². The highest BCUT2D eigenvalue weighted by Gasteiger charge is 2.31. The van der Waals surface area contributed by atoms with Crippen LogP contribution < -0.4 is 5.32 Å². The van der Waals surface area contributed by atoms with E-state index in [0.717, 1.165) is 0 Å². The van der Waals surface area contributed by atoms with Gasteiger partial charge in [-0.2, -0.15) is 0 Å². The van der Waals surface area contributed by atoms with Crippen LogP contribution in [-0.4, -0.2) is 43.5 Å². The second-order valence-electron chi connectivity index (χ2n) is 6.72. The Kier molecular flexibility index (Phi) is 7.60. The molecule has 0 aliphatic carbocycles. The number of benzene rings is 2. The molecule has 2 atom stereocenters. The minimum absolute atomic E-state index is 0.147. The lowest BCUT2D eigenvalue weighted by Gasteiger charge is -2.23. The first-order valence-corrected chi connectivity index (χ1v) is 10.4. The molecule has 1 heterocycles. The molecule has 162 valence electrons. The van der Waals surface area contributed by atoms with Crippen molar-refractivity contribution < 1.29 is 19.8 Å². The molecule has 3 aromatic rings. The van der Waals surface area contributed by atoms with Crippen LogP contribution in [0.25, 0.3) is 5.69 Å². The number of carboxylic acid groups (broad SMARTS) is 1. The van der Waals surface area contributed by atoms with Crippen LogP contribution in [0.4, 0.5) is 5.69 Å². The first kappa shape index (κ1) is 23.1. The smallest absolute Gasteiger partial charge is 0.309 e. The predicted molar refractivity (Wildman–Crippen MR) is 122 cm³/mol. The van der Waals surface area contributed by atoms with Gasteiger partial charge in [0, 0.05) is 23.0 Å². The number of carbonyl (C=O) groups excluding carboxylic acids is 1. The Labute approximate surface area is 194 Å². The maximum atomic E-state index is 12.8. The molecule has 31 heavy (non-hydrogen) atoms. The quantitative estimate of drug-likeness (QED) is 0.317. The Hall–Kier alpha value is -2.53. The van der Waals surface area contributed by atoms with Crippen LogP contribution in [0.15, 0.2) is 58.8 Å². The lowest BCUT2D eigenvalue weighted by molar-refractivity contribution is -0.144. The average Bonchev–Trinajstić information content (AvgIpc) is 3.06. The molecular weight excluding hydrogens is 460 g/mol. The van der Waals surface area contributed by atoms with Gasteiger partial charge in [-0.15, -0.1) is 35.5 Å². The number of nitrogens with one attached hydrogen (secondary N) is 1. The zero-order chi connectivity index (χ0) is 22.5. The summed E-state index contributed by atoms with van der Waals surface area (Å²) in [7, 11) is 0. The third-order valence-corrected chi connectivity index (χ3v) is 5.55. The summed E-state index contributed by atoms with van der Waals surface area (Å²) in [5.74, 6) is -3.48. The molecular formula is C20H19ClN4O4S2. The molecule has 0 aliphatic heterocycles. The van der Waals surface area contributed by atoms with Crippen LogP contribution in [0.2, 0.25) is 5.02 Å². The minimum Gasteiger partial charge on any atom is -0.481 e. The van der Waals surface area contributed by atoms with E-state index in [-0.39, 0.29) is 6.42 Å². The van der Waals surface area contributed by atoms with Gasteiger partial charge in [0.15, 0.2) is 10.3 Å². The zero-order valence-electron chi connectivity index (χ0n) is 16.0. The summed E-state index contributed by atoms with van der Waals surface area (Å²) in [4.78, 5) is 24.4. The summed E-state index contributed by atoms with van der Waals surface area (Å²) in [6, 6.07) is 13.4. The van der Waals surface area contributed by atoms with Crippen molar-refractivity contribution in [2.24, 2.45) is 5.92 Å². The number of amides is 1. The van der Waals surface area contributed by atoms with Crippen LogP contribution >= 0.6 is 36.9 Å². The maximum absolute atomic E-state index is 12.8. The van der Waals surface area contributed by atoms with Crippen molar-refractivity contribution in [3.05, 3.63) is 59.1 Å². The molecule has 1 amide bonds. The summed E-state index contributed by atoms with van der Waals surface area (Å²) < 4.78 is 1.59. The minimum atomic E-state index is -1.19. The van der Waals surface area contributed by atoms with Crippen molar-refractivity contribution in [2.45, 2.75) is 22.7 Å². The molecule has 3 N–H and O–H groups in total. The summed E-state index contributed by atoms with van der Waals surface area (Å²) >= 11 is 14.4. The number of hydrogen-bond acceptors (Lipinski definition) is 7. The highest BCUT2D eigenvalue weighted by atomic mass is 35.5. The van der Waals surface area contributed by atoms with E-state index >= 15 is 0 Å². The van der Waals surface area contributed by atoms with E-state index in [9.17, 15) is 19.8 Å². The second-order valence-corrected chi connectivity index (χ2v) is 7.96. The number of carboxylic acids is 1. The monoisotopic (exact) mass is 478 g/mol. The van der Waals surface area contributed by atoms with E-state index in [1.54, 1.807) is 53.1 Å². The largest absolute Gasteiger partial charge is 0.481 e. The summed E-state index contributed by atoms with van der Waals surface area (Å²) in [6.45, 7) is -0.603. The van der Waals surface area contributed by atoms with Gasteiger partial charge in [0.25, 0.3) is 0 Å². The average molecular weight is 479 g/mol. The molecule has 11 heteroatoms. The number of carbonyl (C=O) groups is 2.